The van der Waals surface area contributed by atoms with Crippen molar-refractivity contribution >= 4 is 28.5 Å². The fourth-order valence-electron chi connectivity index (χ4n) is 2.96. The Labute approximate surface area is 179 Å². The minimum atomic E-state index is -0.538. The van der Waals surface area contributed by atoms with E-state index in [1.54, 1.807) is 18.2 Å². The molecule has 0 saturated carbocycles. The maximum Gasteiger partial charge on any atom is 0.268 e. The summed E-state index contributed by atoms with van der Waals surface area (Å²) in [6, 6.07) is 13.3. The molecule has 0 saturated heterocycles. The Morgan fingerprint density at radius 3 is 2.70 bits per heavy atom. The zero-order valence-electron chi connectivity index (χ0n) is 17.1. The number of thiazole rings is 1. The molecule has 0 radical (unpaired) electrons. The van der Waals surface area contributed by atoms with Crippen molar-refractivity contribution in [1.29, 1.82) is 5.26 Å². The first kappa shape index (κ1) is 21.1. The van der Waals surface area contributed by atoms with Crippen LogP contribution in [0.2, 0.25) is 0 Å². The molecule has 3 aromatic rings. The molecule has 0 aliphatic carbocycles. The highest BCUT2D eigenvalue weighted by Crippen LogP contribution is 2.32. The third kappa shape index (κ3) is 4.50. The summed E-state index contributed by atoms with van der Waals surface area (Å²) in [5, 5.41) is 14.5. The van der Waals surface area contributed by atoms with Gasteiger partial charge in [0.25, 0.3) is 5.91 Å². The molecule has 30 heavy (non-hydrogen) atoms. The van der Waals surface area contributed by atoms with E-state index in [1.165, 1.54) is 31.6 Å². The van der Waals surface area contributed by atoms with Crippen LogP contribution >= 0.6 is 11.3 Å². The van der Waals surface area contributed by atoms with Crippen LogP contribution in [0.25, 0.3) is 17.3 Å². The lowest BCUT2D eigenvalue weighted by Crippen LogP contribution is -2.13. The fourth-order valence-corrected chi connectivity index (χ4v) is 3.67. The second-order valence-corrected chi connectivity index (χ2v) is 7.42. The highest BCUT2D eigenvalue weighted by atomic mass is 32.1. The van der Waals surface area contributed by atoms with E-state index >= 15 is 0 Å². The quantitative estimate of drug-likeness (QED) is 0.449. The molecule has 152 valence electrons. The van der Waals surface area contributed by atoms with Gasteiger partial charge in [0.1, 0.15) is 11.6 Å². The van der Waals surface area contributed by atoms with Gasteiger partial charge in [-0.05, 0) is 37.6 Å². The minimum Gasteiger partial charge on any atom is -0.493 e. The van der Waals surface area contributed by atoms with Crippen LogP contribution in [0.3, 0.4) is 0 Å². The van der Waals surface area contributed by atoms with Gasteiger partial charge in [0.05, 0.1) is 19.9 Å². The lowest BCUT2D eigenvalue weighted by atomic mass is 10.0. The maximum absolute atomic E-state index is 12.7. The first-order valence-electron chi connectivity index (χ1n) is 9.14. The Morgan fingerprint density at radius 2 is 2.00 bits per heavy atom. The largest absolute Gasteiger partial charge is 0.493 e. The van der Waals surface area contributed by atoms with Gasteiger partial charge >= 0.3 is 0 Å². The number of anilines is 1. The first-order valence-corrected chi connectivity index (χ1v) is 10.0. The minimum absolute atomic E-state index is 0.0648. The number of aryl methyl sites for hydroxylation is 2. The summed E-state index contributed by atoms with van der Waals surface area (Å²) in [7, 11) is 3.03. The third-order valence-electron chi connectivity index (χ3n) is 4.49. The van der Waals surface area contributed by atoms with Gasteiger partial charge in [-0.15, -0.1) is 11.3 Å². The molecule has 0 bridgehead atoms. The van der Waals surface area contributed by atoms with Crippen molar-refractivity contribution in [3.05, 3.63) is 64.0 Å². The topological polar surface area (TPSA) is 84.2 Å². The van der Waals surface area contributed by atoms with Crippen molar-refractivity contribution in [3.63, 3.8) is 0 Å². The zero-order valence-corrected chi connectivity index (χ0v) is 18.0. The van der Waals surface area contributed by atoms with E-state index < -0.39 is 5.91 Å². The molecule has 6 nitrogen and oxygen atoms in total. The Bertz CT molecular complexity index is 1160. The van der Waals surface area contributed by atoms with Gasteiger partial charge in [-0.25, -0.2) is 4.98 Å². The molecule has 0 spiro atoms. The standard InChI is InChI=1S/C23H21N3O3S/c1-14-8-9-15(2)18(10-14)19-13-30-23(25-19)26-22(27)17(12-24)11-16-6-5-7-20(28-3)21(16)29-4/h5-11,13H,1-4H3,(H,25,26,27)/b17-11+. The highest BCUT2D eigenvalue weighted by Gasteiger charge is 2.15. The van der Waals surface area contributed by atoms with E-state index in [0.717, 1.165) is 22.4 Å². The average Bonchev–Trinajstić information content (AvgIpc) is 3.21. The third-order valence-corrected chi connectivity index (χ3v) is 5.25. The summed E-state index contributed by atoms with van der Waals surface area (Å²) in [5.74, 6) is 0.429. The lowest BCUT2D eigenvalue weighted by molar-refractivity contribution is -0.112. The Hall–Kier alpha value is -3.63. The molecular formula is C23H21N3O3S. The van der Waals surface area contributed by atoms with E-state index in [1.807, 2.05) is 37.4 Å². The molecule has 1 N–H and O–H groups in total. The normalized spacial score (nSPS) is 11.0. The van der Waals surface area contributed by atoms with Gasteiger partial charge in [-0.3, -0.25) is 10.1 Å². The van der Waals surface area contributed by atoms with Crippen LogP contribution in [0.4, 0.5) is 5.13 Å². The summed E-state index contributed by atoms with van der Waals surface area (Å²) >= 11 is 1.31. The molecule has 0 aliphatic rings. The monoisotopic (exact) mass is 419 g/mol. The van der Waals surface area contributed by atoms with E-state index in [4.69, 9.17) is 9.47 Å². The molecule has 0 aliphatic heterocycles. The SMILES string of the molecule is COc1cccc(/C=C(\C#N)C(=O)Nc2nc(-c3cc(C)ccc3C)cs2)c1OC. The van der Waals surface area contributed by atoms with Gasteiger partial charge in [-0.2, -0.15) is 5.26 Å². The molecule has 1 aromatic heterocycles. The van der Waals surface area contributed by atoms with Gasteiger partial charge in [-0.1, -0.05) is 29.8 Å². The molecular weight excluding hydrogens is 398 g/mol. The number of rotatable bonds is 6. The number of hydrogen-bond acceptors (Lipinski definition) is 6. The zero-order chi connectivity index (χ0) is 21.7. The molecule has 0 fully saturated rings. The molecule has 7 heteroatoms. The number of carbonyl (C=O) groups is 1. The maximum atomic E-state index is 12.7. The Kier molecular flexibility index (Phi) is 6.50. The fraction of sp³-hybridized carbons (Fsp3) is 0.174. The second kappa shape index (κ2) is 9.25. The Morgan fingerprint density at radius 1 is 1.20 bits per heavy atom. The number of ether oxygens (including phenoxy) is 2. The number of methoxy groups -OCH3 is 2. The number of nitrogens with zero attached hydrogens (tertiary/aromatic N) is 2. The van der Waals surface area contributed by atoms with E-state index in [0.29, 0.717) is 22.2 Å². The molecule has 1 heterocycles. The van der Waals surface area contributed by atoms with Crippen molar-refractivity contribution in [1.82, 2.24) is 4.98 Å². The number of nitriles is 1. The second-order valence-electron chi connectivity index (χ2n) is 6.56. The van der Waals surface area contributed by atoms with E-state index in [-0.39, 0.29) is 5.57 Å². The van der Waals surface area contributed by atoms with Crippen molar-refractivity contribution in [2.24, 2.45) is 0 Å². The smallest absolute Gasteiger partial charge is 0.268 e. The van der Waals surface area contributed by atoms with E-state index in [9.17, 15) is 10.1 Å². The van der Waals surface area contributed by atoms with Crippen LogP contribution in [0.1, 0.15) is 16.7 Å². The molecule has 1 amide bonds. The van der Waals surface area contributed by atoms with Crippen LogP contribution in [0.15, 0.2) is 47.4 Å². The molecule has 0 unspecified atom stereocenters. The molecule has 2 aromatic carbocycles. The Balaban J connectivity index is 1.85. The number of hydrogen-bond donors (Lipinski definition) is 1. The first-order chi connectivity index (χ1) is 14.5. The van der Waals surface area contributed by atoms with Crippen LogP contribution < -0.4 is 14.8 Å². The van der Waals surface area contributed by atoms with Gasteiger partial charge < -0.3 is 9.47 Å². The summed E-state index contributed by atoms with van der Waals surface area (Å²) < 4.78 is 10.6. The van der Waals surface area contributed by atoms with Crippen LogP contribution in [0.5, 0.6) is 11.5 Å². The molecule has 0 atom stereocenters. The van der Waals surface area contributed by atoms with Gasteiger partial charge in [0.2, 0.25) is 0 Å². The predicted molar refractivity (Wildman–Crippen MR) is 119 cm³/mol. The van der Waals surface area contributed by atoms with E-state index in [2.05, 4.69) is 16.4 Å². The number of benzene rings is 2. The van der Waals surface area contributed by atoms with Crippen LogP contribution in [-0.2, 0) is 4.79 Å². The van der Waals surface area contributed by atoms with Crippen LogP contribution in [-0.4, -0.2) is 25.1 Å². The summed E-state index contributed by atoms with van der Waals surface area (Å²) in [5.41, 5.74) is 4.55. The van der Waals surface area contributed by atoms with Crippen LogP contribution in [0, 0.1) is 25.2 Å². The number of carbonyl (C=O) groups excluding carboxylic acids is 1. The summed E-state index contributed by atoms with van der Waals surface area (Å²) in [6.07, 6.45) is 1.47. The summed E-state index contributed by atoms with van der Waals surface area (Å²) in [4.78, 5) is 17.2. The number of aromatic nitrogens is 1. The number of amides is 1. The lowest BCUT2D eigenvalue weighted by Gasteiger charge is -2.10. The average molecular weight is 420 g/mol. The van der Waals surface area contributed by atoms with Crippen molar-refractivity contribution < 1.29 is 14.3 Å². The van der Waals surface area contributed by atoms with Crippen molar-refractivity contribution in [2.75, 3.05) is 19.5 Å². The van der Waals surface area contributed by atoms with Crippen molar-refractivity contribution in [2.45, 2.75) is 13.8 Å². The highest BCUT2D eigenvalue weighted by molar-refractivity contribution is 7.14. The summed E-state index contributed by atoms with van der Waals surface area (Å²) in [6.45, 7) is 4.04. The van der Waals surface area contributed by atoms with Crippen molar-refractivity contribution in [3.8, 4) is 28.8 Å². The van der Waals surface area contributed by atoms with Gasteiger partial charge in [0.15, 0.2) is 16.6 Å². The molecule has 3 rings (SSSR count). The predicted octanol–water partition coefficient (Wildman–Crippen LogP) is 4.99. The number of nitrogens with one attached hydrogen (secondary N) is 1. The number of para-hydroxylation sites is 1. The van der Waals surface area contributed by atoms with Gasteiger partial charge in [0, 0.05) is 16.5 Å².